The number of carbonyl (C=O) groups excluding carboxylic acids is 2. The van der Waals surface area contributed by atoms with E-state index in [0.29, 0.717) is 49.7 Å². The number of anilines is 1. The Kier molecular flexibility index (Phi) is 6.74. The number of rotatable bonds is 6. The molecule has 7 heteroatoms. The third-order valence-electron chi connectivity index (χ3n) is 3.71. The molecule has 0 N–H and O–H groups in total. The first-order valence-electron chi connectivity index (χ1n) is 8.58. The van der Waals surface area contributed by atoms with E-state index in [2.05, 4.69) is 4.99 Å². The maximum Gasteiger partial charge on any atom is 0.434 e. The van der Waals surface area contributed by atoms with Crippen molar-refractivity contribution in [2.75, 3.05) is 38.3 Å². The molecular weight excluding hydrogens is 336 g/mol. The van der Waals surface area contributed by atoms with E-state index in [1.165, 1.54) is 0 Å². The first-order valence-corrected chi connectivity index (χ1v) is 8.58. The zero-order chi connectivity index (χ0) is 19.2. The SMILES string of the molecule is COCCOc1cccc(C=O)c1N1CC/C(=N/C(=O)OC(C)(C)C)C1. The lowest BCUT2D eigenvalue weighted by atomic mass is 10.1. The molecule has 0 radical (unpaired) electrons. The Bertz CT molecular complexity index is 679. The molecule has 1 fully saturated rings. The summed E-state index contributed by atoms with van der Waals surface area (Å²) in [5.41, 5.74) is 1.40. The minimum Gasteiger partial charge on any atom is -0.489 e. The molecule has 2 rings (SSSR count). The average Bonchev–Trinajstić information content (AvgIpc) is 3.00. The number of para-hydroxylation sites is 1. The Balaban J connectivity index is 2.16. The molecule has 1 aromatic rings. The van der Waals surface area contributed by atoms with Crippen molar-refractivity contribution in [1.82, 2.24) is 0 Å². The fourth-order valence-corrected chi connectivity index (χ4v) is 2.66. The van der Waals surface area contributed by atoms with Gasteiger partial charge in [-0.15, -0.1) is 0 Å². The molecule has 26 heavy (non-hydrogen) atoms. The summed E-state index contributed by atoms with van der Waals surface area (Å²) >= 11 is 0. The normalized spacial score (nSPS) is 16.0. The number of hydrogen-bond donors (Lipinski definition) is 0. The van der Waals surface area contributed by atoms with Crippen LogP contribution in [0.4, 0.5) is 10.5 Å². The van der Waals surface area contributed by atoms with Crippen LogP contribution in [0, 0.1) is 0 Å². The maximum absolute atomic E-state index is 11.9. The van der Waals surface area contributed by atoms with E-state index < -0.39 is 11.7 Å². The maximum atomic E-state index is 11.9. The van der Waals surface area contributed by atoms with Crippen LogP contribution in [0.2, 0.25) is 0 Å². The molecule has 1 aromatic carbocycles. The molecule has 0 aromatic heterocycles. The van der Waals surface area contributed by atoms with Crippen LogP contribution < -0.4 is 9.64 Å². The van der Waals surface area contributed by atoms with Gasteiger partial charge in [-0.25, -0.2) is 4.79 Å². The summed E-state index contributed by atoms with van der Waals surface area (Å²) in [5.74, 6) is 0.616. The number of aldehydes is 1. The second kappa shape index (κ2) is 8.80. The van der Waals surface area contributed by atoms with Crippen LogP contribution in [0.1, 0.15) is 37.6 Å². The van der Waals surface area contributed by atoms with E-state index in [1.54, 1.807) is 40.0 Å². The number of carbonyl (C=O) groups is 2. The first-order chi connectivity index (χ1) is 12.3. The summed E-state index contributed by atoms with van der Waals surface area (Å²) in [6.07, 6.45) is 0.848. The lowest BCUT2D eigenvalue weighted by Crippen LogP contribution is -2.24. The van der Waals surface area contributed by atoms with Gasteiger partial charge in [-0.05, 0) is 32.9 Å². The fourth-order valence-electron chi connectivity index (χ4n) is 2.66. The minimum atomic E-state index is -0.588. The van der Waals surface area contributed by atoms with Gasteiger partial charge in [0.15, 0.2) is 6.29 Å². The molecule has 142 valence electrons. The van der Waals surface area contributed by atoms with Gasteiger partial charge in [0.25, 0.3) is 0 Å². The van der Waals surface area contributed by atoms with Crippen molar-refractivity contribution in [3.8, 4) is 5.75 Å². The predicted molar refractivity (Wildman–Crippen MR) is 99.7 cm³/mol. The molecule has 0 atom stereocenters. The quantitative estimate of drug-likeness (QED) is 0.572. The Morgan fingerprint density at radius 2 is 2.08 bits per heavy atom. The number of benzene rings is 1. The van der Waals surface area contributed by atoms with Gasteiger partial charge in [-0.2, -0.15) is 4.99 Å². The van der Waals surface area contributed by atoms with Crippen molar-refractivity contribution in [2.45, 2.75) is 32.8 Å². The predicted octanol–water partition coefficient (Wildman–Crippen LogP) is 3.11. The topological polar surface area (TPSA) is 77.4 Å². The van der Waals surface area contributed by atoms with E-state index in [-0.39, 0.29) is 0 Å². The highest BCUT2D eigenvalue weighted by Crippen LogP contribution is 2.33. The summed E-state index contributed by atoms with van der Waals surface area (Å²) in [6.45, 7) is 7.34. The third-order valence-corrected chi connectivity index (χ3v) is 3.71. The van der Waals surface area contributed by atoms with Crippen LogP contribution in [0.15, 0.2) is 23.2 Å². The Labute approximate surface area is 153 Å². The zero-order valence-electron chi connectivity index (χ0n) is 15.8. The monoisotopic (exact) mass is 362 g/mol. The number of hydrogen-bond acceptors (Lipinski definition) is 6. The summed E-state index contributed by atoms with van der Waals surface area (Å²) in [4.78, 5) is 29.4. The molecule has 1 saturated heterocycles. The third kappa shape index (κ3) is 5.56. The van der Waals surface area contributed by atoms with Gasteiger partial charge in [0.1, 0.15) is 18.0 Å². The molecule has 0 aliphatic carbocycles. The molecule has 7 nitrogen and oxygen atoms in total. The minimum absolute atomic E-state index is 0.387. The number of aliphatic imine (C=N–C) groups is 1. The van der Waals surface area contributed by atoms with Crippen molar-refractivity contribution in [3.05, 3.63) is 23.8 Å². The van der Waals surface area contributed by atoms with Gasteiger partial charge < -0.3 is 19.1 Å². The molecule has 1 heterocycles. The van der Waals surface area contributed by atoms with Crippen molar-refractivity contribution >= 4 is 23.8 Å². The van der Waals surface area contributed by atoms with Gasteiger partial charge in [0, 0.05) is 31.4 Å². The highest BCUT2D eigenvalue weighted by molar-refractivity contribution is 6.00. The summed E-state index contributed by atoms with van der Waals surface area (Å²) in [5, 5.41) is 0. The smallest absolute Gasteiger partial charge is 0.434 e. The van der Waals surface area contributed by atoms with Crippen LogP contribution in [-0.4, -0.2) is 57.1 Å². The molecule has 0 spiro atoms. The Morgan fingerprint density at radius 3 is 2.73 bits per heavy atom. The van der Waals surface area contributed by atoms with E-state index in [1.807, 2.05) is 11.0 Å². The summed E-state index contributed by atoms with van der Waals surface area (Å²) < 4.78 is 16.0. The van der Waals surface area contributed by atoms with Crippen LogP contribution in [0.3, 0.4) is 0 Å². The van der Waals surface area contributed by atoms with Gasteiger partial charge >= 0.3 is 6.09 Å². The zero-order valence-corrected chi connectivity index (χ0v) is 15.8. The largest absolute Gasteiger partial charge is 0.489 e. The molecule has 0 unspecified atom stereocenters. The molecule has 1 amide bonds. The van der Waals surface area contributed by atoms with Crippen LogP contribution in [0.5, 0.6) is 5.75 Å². The van der Waals surface area contributed by atoms with Gasteiger partial charge in [0.2, 0.25) is 0 Å². The highest BCUT2D eigenvalue weighted by atomic mass is 16.6. The fraction of sp³-hybridized carbons (Fsp3) is 0.526. The first kappa shape index (κ1) is 19.9. The van der Waals surface area contributed by atoms with Crippen LogP contribution in [-0.2, 0) is 9.47 Å². The molecule has 0 saturated carbocycles. The lowest BCUT2D eigenvalue weighted by molar-refractivity contribution is 0.0604. The van der Waals surface area contributed by atoms with E-state index in [0.717, 1.165) is 12.0 Å². The summed E-state index contributed by atoms with van der Waals surface area (Å²) in [7, 11) is 1.60. The molecule has 1 aliphatic heterocycles. The van der Waals surface area contributed by atoms with Crippen molar-refractivity contribution in [3.63, 3.8) is 0 Å². The number of amides is 1. The van der Waals surface area contributed by atoms with E-state index >= 15 is 0 Å². The number of nitrogens with zero attached hydrogens (tertiary/aromatic N) is 2. The van der Waals surface area contributed by atoms with Crippen LogP contribution in [0.25, 0.3) is 0 Å². The molecule has 1 aliphatic rings. The van der Waals surface area contributed by atoms with E-state index in [9.17, 15) is 9.59 Å². The van der Waals surface area contributed by atoms with Gasteiger partial charge in [0.05, 0.1) is 18.8 Å². The second-order valence-electron chi connectivity index (χ2n) is 6.98. The Hall–Kier alpha value is -2.41. The number of ether oxygens (including phenoxy) is 3. The average molecular weight is 362 g/mol. The highest BCUT2D eigenvalue weighted by Gasteiger charge is 2.25. The van der Waals surface area contributed by atoms with Crippen molar-refractivity contribution in [2.24, 2.45) is 4.99 Å². The second-order valence-corrected chi connectivity index (χ2v) is 6.98. The number of methoxy groups -OCH3 is 1. The van der Waals surface area contributed by atoms with Crippen molar-refractivity contribution < 1.29 is 23.8 Å². The standard InChI is InChI=1S/C19H26N2O5/c1-19(2,3)26-18(23)20-15-8-9-21(12-15)17-14(13-22)6-5-7-16(17)25-11-10-24-4/h5-7,13H,8-12H2,1-4H3/b20-15-. The van der Waals surface area contributed by atoms with E-state index in [4.69, 9.17) is 14.2 Å². The molecular formula is C19H26N2O5. The van der Waals surface area contributed by atoms with Crippen LogP contribution >= 0.6 is 0 Å². The summed E-state index contributed by atoms with van der Waals surface area (Å²) in [6, 6.07) is 5.34. The van der Waals surface area contributed by atoms with Crippen molar-refractivity contribution in [1.29, 1.82) is 0 Å². The molecule has 0 bridgehead atoms. The lowest BCUT2D eigenvalue weighted by Gasteiger charge is -2.22. The van der Waals surface area contributed by atoms with Gasteiger partial charge in [-0.1, -0.05) is 6.07 Å². The Morgan fingerprint density at radius 1 is 1.31 bits per heavy atom. The van der Waals surface area contributed by atoms with Gasteiger partial charge in [-0.3, -0.25) is 4.79 Å².